The molecule has 16 nitrogen and oxygen atoms in total. The fraction of sp³-hybridized carbons (Fsp3) is 0.388. The number of carbonyl (C=O) groups excluding carboxylic acids is 1. The van der Waals surface area contributed by atoms with Crippen LogP contribution in [0.3, 0.4) is 0 Å². The van der Waals surface area contributed by atoms with Crippen molar-refractivity contribution in [1.29, 1.82) is 0 Å². The molecule has 0 spiro atoms. The Kier molecular flexibility index (Phi) is 14.4. The maximum atomic E-state index is 14.1. The zero-order valence-electron chi connectivity index (χ0n) is 37.6. The zero-order chi connectivity index (χ0) is 47.3. The van der Waals surface area contributed by atoms with Crippen LogP contribution in [0.5, 0.6) is 11.5 Å². The number of anilines is 2. The van der Waals surface area contributed by atoms with Crippen molar-refractivity contribution in [3.05, 3.63) is 122 Å². The normalized spacial score (nSPS) is 17.0. The van der Waals surface area contributed by atoms with Gasteiger partial charge in [-0.15, -0.1) is 0 Å². The standard InChI is InChI=1S/C49H56ClN7O9S/c1-49(2)17-13-35(42(28-49)33-3-5-36(50)6-4-33)31-55-19-21-56(22-20-55)37-7-10-40(46(25-37)66-38-8-11-43-41(26-38)34(30-53-43)14-18-51-48(59)60)47(58)54-67(63,64)39-9-12-44(45(27-39)57(61)62)52-29-32-15-23-65-24-16-32/h3-12,25-27,30,32,51-53H,13-24,28-29,31H2,1-2H3,(H,54,58)(H,59,60). The van der Waals surface area contributed by atoms with E-state index >= 15 is 0 Å². The van der Waals surface area contributed by atoms with E-state index in [0.717, 1.165) is 80.0 Å². The predicted molar refractivity (Wildman–Crippen MR) is 259 cm³/mol. The van der Waals surface area contributed by atoms with Gasteiger partial charge in [0.1, 0.15) is 17.2 Å². The van der Waals surface area contributed by atoms with Gasteiger partial charge in [0.2, 0.25) is 0 Å². The second-order valence-corrected chi connectivity index (χ2v) is 20.4. The minimum Gasteiger partial charge on any atom is -0.465 e. The number of hydrogen-bond acceptors (Lipinski definition) is 11. The third-order valence-corrected chi connectivity index (χ3v) is 14.6. The number of fused-ring (bicyclic) bond motifs is 1. The van der Waals surface area contributed by atoms with Crippen molar-refractivity contribution in [2.45, 2.75) is 57.3 Å². The number of aromatic nitrogens is 1. The molecule has 4 aromatic carbocycles. The first-order chi connectivity index (χ1) is 32.1. The summed E-state index contributed by atoms with van der Waals surface area (Å²) in [5.74, 6) is -0.279. The first-order valence-corrected chi connectivity index (χ1v) is 24.5. The Morgan fingerprint density at radius 1 is 1.00 bits per heavy atom. The maximum absolute atomic E-state index is 14.1. The summed E-state index contributed by atoms with van der Waals surface area (Å²) >= 11 is 6.25. The number of nitrogens with one attached hydrogen (secondary N) is 4. The highest BCUT2D eigenvalue weighted by atomic mass is 35.5. The van der Waals surface area contributed by atoms with Gasteiger partial charge in [0.25, 0.3) is 21.6 Å². The van der Waals surface area contributed by atoms with Crippen molar-refractivity contribution in [2.75, 3.05) is 69.2 Å². The van der Waals surface area contributed by atoms with Crippen LogP contribution >= 0.6 is 11.6 Å². The van der Waals surface area contributed by atoms with Gasteiger partial charge in [-0.3, -0.25) is 19.8 Å². The molecule has 8 rings (SSSR count). The van der Waals surface area contributed by atoms with E-state index in [9.17, 15) is 28.1 Å². The highest BCUT2D eigenvalue weighted by Gasteiger charge is 2.31. The molecule has 18 heteroatoms. The summed E-state index contributed by atoms with van der Waals surface area (Å²) in [5.41, 5.74) is 6.33. The molecule has 3 heterocycles. The molecule has 0 unspecified atom stereocenters. The molecule has 5 N–H and O–H groups in total. The molecule has 2 saturated heterocycles. The summed E-state index contributed by atoms with van der Waals surface area (Å²) in [4.78, 5) is 44.1. The SMILES string of the molecule is CC1(C)CCC(CN2CCN(c3ccc(C(=O)NS(=O)(=O)c4ccc(NCC5CCOCC5)c([N+](=O)[O-])c4)c(Oc4ccc5[nH]cc(CCNC(=O)O)c5c4)c3)CC2)=C(c2ccc(Cl)cc2)C1. The number of amides is 2. The van der Waals surface area contributed by atoms with Crippen LogP contribution in [-0.4, -0.2) is 99.4 Å². The average Bonchev–Trinajstić information content (AvgIpc) is 3.71. The quantitative estimate of drug-likeness (QED) is 0.0464. The Labute approximate surface area is 394 Å². The summed E-state index contributed by atoms with van der Waals surface area (Å²) in [6.07, 6.45) is 5.83. The molecule has 5 aromatic rings. The lowest BCUT2D eigenvalue weighted by Crippen LogP contribution is -2.47. The van der Waals surface area contributed by atoms with E-state index in [1.807, 2.05) is 18.2 Å². The van der Waals surface area contributed by atoms with Gasteiger partial charge in [-0.1, -0.05) is 43.2 Å². The van der Waals surface area contributed by atoms with Gasteiger partial charge in [0, 0.05) is 99.0 Å². The molecular formula is C49H56ClN7O9S. The average molecular weight is 955 g/mol. The number of nitro benzene ring substituents is 1. The van der Waals surface area contributed by atoms with Gasteiger partial charge in [-0.25, -0.2) is 17.9 Å². The molecule has 1 aromatic heterocycles. The smallest absolute Gasteiger partial charge is 0.404 e. The Morgan fingerprint density at radius 2 is 1.76 bits per heavy atom. The number of piperazine rings is 1. The summed E-state index contributed by atoms with van der Waals surface area (Å²) in [7, 11) is -4.61. The van der Waals surface area contributed by atoms with E-state index in [2.05, 4.69) is 56.1 Å². The molecule has 67 heavy (non-hydrogen) atoms. The van der Waals surface area contributed by atoms with Gasteiger partial charge >= 0.3 is 6.09 Å². The fourth-order valence-electron chi connectivity index (χ4n) is 9.16. The number of halogens is 1. The van der Waals surface area contributed by atoms with Crippen molar-refractivity contribution in [1.82, 2.24) is 19.9 Å². The molecule has 0 atom stereocenters. The second-order valence-electron chi connectivity index (χ2n) is 18.3. The van der Waals surface area contributed by atoms with Crippen molar-refractivity contribution in [2.24, 2.45) is 11.3 Å². The van der Waals surface area contributed by atoms with E-state index in [1.54, 1.807) is 30.5 Å². The Balaban J connectivity index is 1.03. The number of H-pyrrole nitrogens is 1. The van der Waals surface area contributed by atoms with Gasteiger partial charge in [-0.2, -0.15) is 0 Å². The number of hydrogen-bond donors (Lipinski definition) is 5. The van der Waals surface area contributed by atoms with E-state index in [4.69, 9.17) is 26.2 Å². The molecule has 354 valence electrons. The monoisotopic (exact) mass is 953 g/mol. The number of carboxylic acid groups (broad SMARTS) is 1. The molecule has 0 saturated carbocycles. The molecule has 0 radical (unpaired) electrons. The minimum absolute atomic E-state index is 0.0721. The topological polar surface area (TPSA) is 208 Å². The Morgan fingerprint density at radius 3 is 2.49 bits per heavy atom. The van der Waals surface area contributed by atoms with Crippen LogP contribution < -0.4 is 25.0 Å². The lowest BCUT2D eigenvalue weighted by atomic mass is 9.72. The van der Waals surface area contributed by atoms with E-state index in [-0.39, 0.29) is 34.9 Å². The first kappa shape index (κ1) is 47.4. The van der Waals surface area contributed by atoms with Gasteiger partial charge in [-0.05, 0) is 121 Å². The van der Waals surface area contributed by atoms with Crippen molar-refractivity contribution < 1.29 is 37.5 Å². The molecule has 1 aliphatic carbocycles. The number of aromatic amines is 1. The zero-order valence-corrected chi connectivity index (χ0v) is 39.2. The lowest BCUT2D eigenvalue weighted by molar-refractivity contribution is -0.384. The lowest BCUT2D eigenvalue weighted by Gasteiger charge is -2.39. The number of allylic oxidation sites excluding steroid dienone is 1. The Bertz CT molecular complexity index is 2780. The number of nitro groups is 1. The van der Waals surface area contributed by atoms with Crippen LogP contribution in [0.15, 0.2) is 95.5 Å². The highest BCUT2D eigenvalue weighted by Crippen LogP contribution is 2.43. The van der Waals surface area contributed by atoms with Crippen molar-refractivity contribution in [3.8, 4) is 11.5 Å². The number of ether oxygens (including phenoxy) is 2. The molecule has 2 amide bonds. The third-order valence-electron chi connectivity index (χ3n) is 13.0. The second kappa shape index (κ2) is 20.4. The van der Waals surface area contributed by atoms with Crippen LogP contribution in [0.2, 0.25) is 5.02 Å². The molecule has 0 bridgehead atoms. The first-order valence-electron chi connectivity index (χ1n) is 22.6. The van der Waals surface area contributed by atoms with Crippen LogP contribution in [0.4, 0.5) is 21.9 Å². The largest absolute Gasteiger partial charge is 0.465 e. The number of benzene rings is 4. The van der Waals surface area contributed by atoms with Crippen LogP contribution in [-0.2, 0) is 21.2 Å². The highest BCUT2D eigenvalue weighted by molar-refractivity contribution is 7.90. The molecule has 2 aliphatic heterocycles. The summed E-state index contributed by atoms with van der Waals surface area (Å²) in [6, 6.07) is 22.0. The third kappa shape index (κ3) is 11.7. The number of nitrogens with zero attached hydrogens (tertiary/aromatic N) is 3. The molecule has 3 aliphatic rings. The Hall–Kier alpha value is -6.14. The summed E-state index contributed by atoms with van der Waals surface area (Å²) < 4.78 is 41.6. The van der Waals surface area contributed by atoms with Gasteiger partial charge in [0.15, 0.2) is 0 Å². The van der Waals surface area contributed by atoms with Crippen LogP contribution in [0, 0.1) is 21.4 Å². The predicted octanol–water partition coefficient (Wildman–Crippen LogP) is 9.08. The van der Waals surface area contributed by atoms with Gasteiger partial charge < -0.3 is 35.1 Å². The van der Waals surface area contributed by atoms with E-state index in [0.29, 0.717) is 50.0 Å². The number of carbonyl (C=O) groups is 2. The minimum atomic E-state index is -4.61. The molecule has 2 fully saturated rings. The van der Waals surface area contributed by atoms with Gasteiger partial charge in [0.05, 0.1) is 15.4 Å². The maximum Gasteiger partial charge on any atom is 0.404 e. The van der Waals surface area contributed by atoms with Crippen molar-refractivity contribution >= 4 is 67.2 Å². The van der Waals surface area contributed by atoms with Crippen molar-refractivity contribution in [3.63, 3.8) is 0 Å². The molecular weight excluding hydrogens is 898 g/mol. The summed E-state index contributed by atoms with van der Waals surface area (Å²) in [5, 5.41) is 28.2. The van der Waals surface area contributed by atoms with E-state index < -0.39 is 37.5 Å². The van der Waals surface area contributed by atoms with Crippen LogP contribution in [0.1, 0.15) is 67.4 Å². The van der Waals surface area contributed by atoms with E-state index in [1.165, 1.54) is 34.9 Å². The summed E-state index contributed by atoms with van der Waals surface area (Å²) in [6.45, 7) is 10.3. The number of rotatable bonds is 16. The number of sulfonamides is 1. The fourth-order valence-corrected chi connectivity index (χ4v) is 10.3. The van der Waals surface area contributed by atoms with Crippen LogP contribution in [0.25, 0.3) is 16.5 Å².